The number of amides is 1. The Morgan fingerprint density at radius 3 is 2.58 bits per heavy atom. The summed E-state index contributed by atoms with van der Waals surface area (Å²) in [4.78, 5) is 21.8. The van der Waals surface area contributed by atoms with Crippen LogP contribution in [-0.2, 0) is 4.79 Å². The number of phenolic OH excluding ortho intramolecular Hbond substituents is 1. The van der Waals surface area contributed by atoms with Crippen LogP contribution in [0.15, 0.2) is 65.2 Å². The lowest BCUT2D eigenvalue weighted by Crippen LogP contribution is -2.54. The molecule has 1 amide bonds. The number of rotatable bonds is 5. The summed E-state index contributed by atoms with van der Waals surface area (Å²) in [5.41, 5.74) is 3.90. The van der Waals surface area contributed by atoms with Crippen molar-refractivity contribution in [2.75, 3.05) is 19.4 Å². The minimum atomic E-state index is -1.45. The number of alkyl halides is 1. The molecule has 6 nitrogen and oxygen atoms in total. The Balaban J connectivity index is 0.00000149. The summed E-state index contributed by atoms with van der Waals surface area (Å²) in [6.07, 6.45) is 7.71. The molecule has 0 spiro atoms. The average Bonchev–Trinajstić information content (AvgIpc) is 2.91. The van der Waals surface area contributed by atoms with Gasteiger partial charge in [-0.25, -0.2) is 8.78 Å². The van der Waals surface area contributed by atoms with Gasteiger partial charge in [-0.05, 0) is 67.7 Å². The molecule has 8 heteroatoms. The fourth-order valence-electron chi connectivity index (χ4n) is 4.12. The molecule has 0 radical (unpaired) electrons. The number of benzene rings is 1. The van der Waals surface area contributed by atoms with E-state index in [2.05, 4.69) is 10.6 Å². The van der Waals surface area contributed by atoms with E-state index in [1.165, 1.54) is 34.6 Å². The van der Waals surface area contributed by atoms with Crippen LogP contribution in [0.3, 0.4) is 0 Å². The number of anilines is 1. The number of aromatic hydroxyl groups is 1. The Bertz CT molecular complexity index is 1020. The zero-order chi connectivity index (χ0) is 24.1. The lowest BCUT2D eigenvalue weighted by atomic mass is 9.72. The first-order valence-electron chi connectivity index (χ1n) is 10.8. The normalized spacial score (nSPS) is 23.6. The second-order valence-electron chi connectivity index (χ2n) is 8.42. The molecule has 2 fully saturated rings. The standard InChI is InChI=1S/C24H27F2N3O2.CH2O/c1-29(2)24(31)18-7-4-8-20(23(18)30)28-22-19(14-5-3-6-14)13-21(22)27-17-10-9-15(25)11-16(26)12-17;1-2/h4,7-12,15,21-22,27-28,30H,3,5-6,13H2,1-2H3;1H2. The van der Waals surface area contributed by atoms with Crippen LogP contribution in [0.5, 0.6) is 5.75 Å². The van der Waals surface area contributed by atoms with E-state index in [0.29, 0.717) is 11.4 Å². The zero-order valence-corrected chi connectivity index (χ0v) is 18.8. The monoisotopic (exact) mass is 457 g/mol. The number of hydrogen-bond donors (Lipinski definition) is 3. The van der Waals surface area contributed by atoms with Crippen LogP contribution >= 0.6 is 0 Å². The molecule has 3 atom stereocenters. The fourth-order valence-corrected chi connectivity index (χ4v) is 4.12. The van der Waals surface area contributed by atoms with Crippen molar-refractivity contribution in [2.45, 2.75) is 43.9 Å². The van der Waals surface area contributed by atoms with Gasteiger partial charge in [-0.2, -0.15) is 0 Å². The third kappa shape index (κ3) is 5.32. The van der Waals surface area contributed by atoms with Gasteiger partial charge < -0.3 is 25.4 Å². The van der Waals surface area contributed by atoms with Crippen LogP contribution in [0.4, 0.5) is 14.5 Å². The van der Waals surface area contributed by atoms with E-state index >= 15 is 0 Å². The number of nitrogens with zero attached hydrogens (tertiary/aromatic N) is 1. The summed E-state index contributed by atoms with van der Waals surface area (Å²) in [6, 6.07) is 4.89. The summed E-state index contributed by atoms with van der Waals surface area (Å²) in [5, 5.41) is 17.4. The predicted octanol–water partition coefficient (Wildman–Crippen LogP) is 4.18. The number of carbonyl (C=O) groups is 2. The van der Waals surface area contributed by atoms with E-state index in [4.69, 9.17) is 4.79 Å². The number of nitrogens with one attached hydrogen (secondary N) is 2. The number of allylic oxidation sites excluding steroid dienone is 6. The highest BCUT2D eigenvalue weighted by Gasteiger charge is 2.39. The Morgan fingerprint density at radius 1 is 1.21 bits per heavy atom. The van der Waals surface area contributed by atoms with E-state index < -0.39 is 12.0 Å². The third-order valence-electron chi connectivity index (χ3n) is 6.04. The molecule has 0 heterocycles. The van der Waals surface area contributed by atoms with Gasteiger partial charge in [0.1, 0.15) is 18.8 Å². The van der Waals surface area contributed by atoms with Gasteiger partial charge in [-0.15, -0.1) is 0 Å². The van der Waals surface area contributed by atoms with E-state index in [0.717, 1.165) is 25.3 Å². The molecule has 33 heavy (non-hydrogen) atoms. The van der Waals surface area contributed by atoms with E-state index in [1.54, 1.807) is 38.4 Å². The predicted molar refractivity (Wildman–Crippen MR) is 124 cm³/mol. The van der Waals surface area contributed by atoms with Crippen molar-refractivity contribution in [1.29, 1.82) is 0 Å². The molecule has 3 aliphatic carbocycles. The second-order valence-corrected chi connectivity index (χ2v) is 8.42. The SMILES string of the molecule is C=O.CN(C)C(=O)c1cccc(NC2C(=C3CCC3)CC2NC2=CC(F)=CC(F)C=C2)c1O. The van der Waals surface area contributed by atoms with Crippen molar-refractivity contribution >= 4 is 18.4 Å². The minimum Gasteiger partial charge on any atom is -0.505 e. The highest BCUT2D eigenvalue weighted by Crippen LogP contribution is 2.42. The van der Waals surface area contributed by atoms with E-state index in [1.807, 2.05) is 6.79 Å². The molecule has 3 unspecified atom stereocenters. The Labute approximate surface area is 192 Å². The van der Waals surface area contributed by atoms with Crippen LogP contribution in [0.25, 0.3) is 0 Å². The lowest BCUT2D eigenvalue weighted by Gasteiger charge is -2.45. The molecule has 1 aromatic rings. The van der Waals surface area contributed by atoms with Crippen molar-refractivity contribution in [1.82, 2.24) is 10.2 Å². The molecule has 4 rings (SSSR count). The van der Waals surface area contributed by atoms with Crippen molar-refractivity contribution in [3.63, 3.8) is 0 Å². The molecule has 0 aromatic heterocycles. The highest BCUT2D eigenvalue weighted by atomic mass is 19.1. The van der Waals surface area contributed by atoms with Gasteiger partial charge in [-0.3, -0.25) is 4.79 Å². The molecule has 3 N–H and O–H groups in total. The smallest absolute Gasteiger partial charge is 0.257 e. The third-order valence-corrected chi connectivity index (χ3v) is 6.04. The summed E-state index contributed by atoms with van der Waals surface area (Å²) < 4.78 is 27.4. The number of hydrogen-bond acceptors (Lipinski definition) is 5. The number of carbonyl (C=O) groups excluding carboxylic acids is 2. The quantitative estimate of drug-likeness (QED) is 0.457. The molecule has 0 bridgehead atoms. The van der Waals surface area contributed by atoms with Crippen LogP contribution < -0.4 is 10.6 Å². The fraction of sp³-hybridized carbons (Fsp3) is 0.360. The first kappa shape index (κ1) is 24.2. The first-order chi connectivity index (χ1) is 15.8. The molecule has 0 aliphatic heterocycles. The largest absolute Gasteiger partial charge is 0.505 e. The molecule has 1 aromatic carbocycles. The summed E-state index contributed by atoms with van der Waals surface area (Å²) in [5.74, 6) is -0.986. The van der Waals surface area contributed by atoms with Crippen LogP contribution in [-0.4, -0.2) is 55.1 Å². The molecular weight excluding hydrogens is 428 g/mol. The van der Waals surface area contributed by atoms with Gasteiger partial charge in [-0.1, -0.05) is 11.6 Å². The van der Waals surface area contributed by atoms with E-state index in [9.17, 15) is 18.7 Å². The van der Waals surface area contributed by atoms with Gasteiger partial charge in [0.15, 0.2) is 5.75 Å². The van der Waals surface area contributed by atoms with Gasteiger partial charge in [0.2, 0.25) is 0 Å². The maximum atomic E-state index is 13.8. The van der Waals surface area contributed by atoms with Gasteiger partial charge >= 0.3 is 0 Å². The Kier molecular flexibility index (Phi) is 7.68. The highest BCUT2D eigenvalue weighted by molar-refractivity contribution is 5.98. The number of phenols is 1. The zero-order valence-electron chi connectivity index (χ0n) is 18.8. The van der Waals surface area contributed by atoms with Gasteiger partial charge in [0, 0.05) is 19.8 Å². The summed E-state index contributed by atoms with van der Waals surface area (Å²) in [7, 11) is 3.27. The number of halogens is 2. The minimum absolute atomic E-state index is 0.0597. The van der Waals surface area contributed by atoms with Crippen molar-refractivity contribution in [2.24, 2.45) is 0 Å². The average molecular weight is 458 g/mol. The molecule has 3 aliphatic rings. The lowest BCUT2D eigenvalue weighted by molar-refractivity contribution is -0.0980. The maximum absolute atomic E-state index is 13.8. The molecule has 2 saturated carbocycles. The van der Waals surface area contributed by atoms with E-state index in [-0.39, 0.29) is 29.3 Å². The van der Waals surface area contributed by atoms with Gasteiger partial charge in [0.25, 0.3) is 5.91 Å². The second kappa shape index (κ2) is 10.5. The topological polar surface area (TPSA) is 81.7 Å². The first-order valence-corrected chi connectivity index (χ1v) is 10.8. The van der Waals surface area contributed by atoms with Crippen molar-refractivity contribution < 1.29 is 23.5 Å². The van der Waals surface area contributed by atoms with Crippen LogP contribution in [0.2, 0.25) is 0 Å². The van der Waals surface area contributed by atoms with Crippen LogP contribution in [0.1, 0.15) is 36.0 Å². The van der Waals surface area contributed by atoms with Crippen molar-refractivity contribution in [3.8, 4) is 5.75 Å². The molecular formula is C25H29F2N3O3. The Morgan fingerprint density at radius 2 is 1.94 bits per heavy atom. The summed E-state index contributed by atoms with van der Waals surface area (Å²) in [6.45, 7) is 2.00. The Hall–Kier alpha value is -3.42. The summed E-state index contributed by atoms with van der Waals surface area (Å²) >= 11 is 0. The maximum Gasteiger partial charge on any atom is 0.257 e. The van der Waals surface area contributed by atoms with Crippen molar-refractivity contribution in [3.05, 3.63) is 70.7 Å². The number of para-hydroxylation sites is 1. The van der Waals surface area contributed by atoms with Crippen LogP contribution in [0, 0.1) is 0 Å². The van der Waals surface area contributed by atoms with Gasteiger partial charge in [0.05, 0.1) is 23.3 Å². The molecule has 0 saturated heterocycles. The molecule has 176 valence electrons.